The maximum absolute atomic E-state index is 12.3. The zero-order valence-electron chi connectivity index (χ0n) is 14.0. The van der Waals surface area contributed by atoms with E-state index in [1.807, 2.05) is 0 Å². The molecular weight excluding hydrogens is 370 g/mol. The molecule has 1 aromatic heterocycles. The number of fused-ring (bicyclic) bond motifs is 1. The van der Waals surface area contributed by atoms with E-state index in [1.54, 1.807) is 42.5 Å². The topological polar surface area (TPSA) is 93.3 Å². The summed E-state index contributed by atoms with van der Waals surface area (Å²) in [4.78, 5) is 31.5. The van der Waals surface area contributed by atoms with Gasteiger partial charge in [-0.25, -0.2) is 4.98 Å². The van der Waals surface area contributed by atoms with Gasteiger partial charge < -0.3 is 19.8 Å². The van der Waals surface area contributed by atoms with Crippen molar-refractivity contribution in [2.45, 2.75) is 6.42 Å². The number of benzene rings is 2. The number of halogens is 1. The van der Waals surface area contributed by atoms with Crippen LogP contribution < -0.4 is 20.3 Å². The van der Waals surface area contributed by atoms with Gasteiger partial charge in [0.25, 0.3) is 5.56 Å². The number of hydrogen-bond acceptors (Lipinski definition) is 5. The summed E-state index contributed by atoms with van der Waals surface area (Å²) in [5.74, 6) is 1.28. The van der Waals surface area contributed by atoms with Crippen LogP contribution in [0, 0.1) is 0 Å². The molecule has 8 heteroatoms. The number of nitrogens with zero attached hydrogens (tertiary/aromatic N) is 1. The zero-order valence-corrected chi connectivity index (χ0v) is 14.7. The smallest absolute Gasteiger partial charge is 0.254 e. The van der Waals surface area contributed by atoms with E-state index in [4.69, 9.17) is 21.1 Å². The molecule has 136 valence electrons. The third kappa shape index (κ3) is 3.78. The average Bonchev–Trinajstić information content (AvgIpc) is 3.12. The van der Waals surface area contributed by atoms with Crippen molar-refractivity contribution in [1.29, 1.82) is 0 Å². The molecule has 0 saturated carbocycles. The molecule has 3 aromatic rings. The Balaban J connectivity index is 1.46. The number of ether oxygens (including phenoxy) is 2. The first kappa shape index (κ1) is 17.1. The Labute approximate surface area is 158 Å². The minimum absolute atomic E-state index is 0.0995. The second kappa shape index (κ2) is 7.13. The summed E-state index contributed by atoms with van der Waals surface area (Å²) >= 11 is 5.86. The molecule has 0 unspecified atom stereocenters. The molecule has 2 heterocycles. The summed E-state index contributed by atoms with van der Waals surface area (Å²) in [5, 5.41) is 3.33. The highest BCUT2D eigenvalue weighted by atomic mass is 35.5. The third-order valence-electron chi connectivity index (χ3n) is 4.00. The number of carbonyl (C=O) groups is 1. The van der Waals surface area contributed by atoms with Gasteiger partial charge in [0.05, 0.1) is 6.42 Å². The number of nitrogens with one attached hydrogen (secondary N) is 2. The summed E-state index contributed by atoms with van der Waals surface area (Å²) in [5.41, 5.74) is 1.20. The van der Waals surface area contributed by atoms with Crippen molar-refractivity contribution in [2.75, 3.05) is 12.1 Å². The van der Waals surface area contributed by atoms with Gasteiger partial charge in [0.15, 0.2) is 11.5 Å². The molecule has 7 nitrogen and oxygen atoms in total. The highest BCUT2D eigenvalue weighted by Crippen LogP contribution is 2.34. The first-order valence-corrected chi connectivity index (χ1v) is 8.50. The van der Waals surface area contributed by atoms with Crippen molar-refractivity contribution < 1.29 is 14.3 Å². The Morgan fingerprint density at radius 1 is 1.15 bits per heavy atom. The van der Waals surface area contributed by atoms with Gasteiger partial charge in [0, 0.05) is 34.1 Å². The van der Waals surface area contributed by atoms with Gasteiger partial charge >= 0.3 is 0 Å². The Morgan fingerprint density at radius 3 is 2.70 bits per heavy atom. The fourth-order valence-electron chi connectivity index (χ4n) is 2.65. The highest BCUT2D eigenvalue weighted by Gasteiger charge is 2.15. The molecule has 0 bridgehead atoms. The van der Waals surface area contributed by atoms with Crippen molar-refractivity contribution in [3.05, 3.63) is 69.6 Å². The van der Waals surface area contributed by atoms with Gasteiger partial charge in [-0.3, -0.25) is 9.59 Å². The van der Waals surface area contributed by atoms with Gasteiger partial charge in [-0.2, -0.15) is 0 Å². The summed E-state index contributed by atoms with van der Waals surface area (Å²) in [6.45, 7) is 0.160. The summed E-state index contributed by atoms with van der Waals surface area (Å²) in [7, 11) is 0. The molecule has 1 amide bonds. The van der Waals surface area contributed by atoms with Gasteiger partial charge in [-0.05, 0) is 36.4 Å². The van der Waals surface area contributed by atoms with Crippen LogP contribution in [0.15, 0.2) is 53.5 Å². The maximum atomic E-state index is 12.3. The summed E-state index contributed by atoms with van der Waals surface area (Å²) in [6.07, 6.45) is 1.31. The predicted molar refractivity (Wildman–Crippen MR) is 100 cm³/mol. The fourth-order valence-corrected chi connectivity index (χ4v) is 2.78. The van der Waals surface area contributed by atoms with Crippen molar-refractivity contribution in [3.63, 3.8) is 0 Å². The molecule has 0 spiro atoms. The monoisotopic (exact) mass is 383 g/mol. The van der Waals surface area contributed by atoms with E-state index in [9.17, 15) is 9.59 Å². The molecule has 0 saturated heterocycles. The maximum Gasteiger partial charge on any atom is 0.254 e. The number of anilines is 1. The van der Waals surface area contributed by atoms with E-state index in [0.717, 1.165) is 5.56 Å². The largest absolute Gasteiger partial charge is 0.454 e. The molecule has 1 aliphatic heterocycles. The van der Waals surface area contributed by atoms with E-state index in [-0.39, 0.29) is 30.2 Å². The lowest BCUT2D eigenvalue weighted by molar-refractivity contribution is -0.115. The number of aromatic nitrogens is 2. The van der Waals surface area contributed by atoms with Crippen molar-refractivity contribution in [3.8, 4) is 22.9 Å². The molecule has 0 atom stereocenters. The normalized spacial score (nSPS) is 12.0. The fraction of sp³-hybridized carbons (Fsp3) is 0.105. The number of H-pyrrole nitrogens is 1. The van der Waals surface area contributed by atoms with Crippen LogP contribution in [0.5, 0.6) is 11.5 Å². The minimum Gasteiger partial charge on any atom is -0.454 e. The zero-order chi connectivity index (χ0) is 18.8. The molecule has 2 N–H and O–H groups in total. The second-order valence-corrected chi connectivity index (χ2v) is 6.32. The van der Waals surface area contributed by atoms with Gasteiger partial charge in [0.2, 0.25) is 12.7 Å². The Bertz CT molecular complexity index is 1060. The van der Waals surface area contributed by atoms with E-state index in [2.05, 4.69) is 15.3 Å². The predicted octanol–water partition coefficient (Wildman–Crippen LogP) is 3.00. The molecular formula is C19H14ClN3O4. The van der Waals surface area contributed by atoms with E-state index in [0.29, 0.717) is 28.0 Å². The van der Waals surface area contributed by atoms with E-state index in [1.165, 1.54) is 6.20 Å². The first-order valence-electron chi connectivity index (χ1n) is 8.12. The Morgan fingerprint density at radius 2 is 1.93 bits per heavy atom. The lowest BCUT2D eigenvalue weighted by atomic mass is 10.2. The first-order chi connectivity index (χ1) is 13.1. The van der Waals surface area contributed by atoms with Crippen LogP contribution in [0.3, 0.4) is 0 Å². The summed E-state index contributed by atoms with van der Waals surface area (Å²) < 4.78 is 10.5. The molecule has 4 rings (SSSR count). The number of amides is 1. The van der Waals surface area contributed by atoms with Gasteiger partial charge in [-0.1, -0.05) is 11.6 Å². The van der Waals surface area contributed by atoms with Crippen molar-refractivity contribution in [2.24, 2.45) is 0 Å². The number of rotatable bonds is 4. The average molecular weight is 384 g/mol. The van der Waals surface area contributed by atoms with Crippen LogP contribution in [0.1, 0.15) is 5.56 Å². The minimum atomic E-state index is -0.365. The molecule has 2 aromatic carbocycles. The molecule has 27 heavy (non-hydrogen) atoms. The lowest BCUT2D eigenvalue weighted by Crippen LogP contribution is -2.22. The van der Waals surface area contributed by atoms with E-state index < -0.39 is 0 Å². The SMILES string of the molecule is O=C(Cc1cnc(-c2ccc(Cl)cc2)[nH]c1=O)Nc1ccc2c(c1)OCO2. The standard InChI is InChI=1S/C19H14ClN3O4/c20-13-3-1-11(2-4-13)18-21-9-12(19(25)23-18)7-17(24)22-14-5-6-15-16(8-14)27-10-26-15/h1-6,8-9H,7,10H2,(H,22,24)(H,21,23,25). The number of carbonyl (C=O) groups excluding carboxylic acids is 1. The Kier molecular flexibility index (Phi) is 4.52. The van der Waals surface area contributed by atoms with Crippen LogP contribution >= 0.6 is 11.6 Å². The van der Waals surface area contributed by atoms with Crippen LogP contribution in [0.4, 0.5) is 5.69 Å². The van der Waals surface area contributed by atoms with Gasteiger partial charge in [-0.15, -0.1) is 0 Å². The van der Waals surface area contributed by atoms with Crippen LogP contribution in [-0.2, 0) is 11.2 Å². The molecule has 0 fully saturated rings. The van der Waals surface area contributed by atoms with Crippen LogP contribution in [-0.4, -0.2) is 22.7 Å². The molecule has 0 aliphatic carbocycles. The van der Waals surface area contributed by atoms with Crippen LogP contribution in [0.2, 0.25) is 5.02 Å². The molecule has 0 radical (unpaired) electrons. The van der Waals surface area contributed by atoms with Crippen molar-refractivity contribution in [1.82, 2.24) is 9.97 Å². The highest BCUT2D eigenvalue weighted by molar-refractivity contribution is 6.30. The van der Waals surface area contributed by atoms with E-state index >= 15 is 0 Å². The van der Waals surface area contributed by atoms with Gasteiger partial charge in [0.1, 0.15) is 5.82 Å². The number of hydrogen-bond donors (Lipinski definition) is 2. The molecule has 1 aliphatic rings. The quantitative estimate of drug-likeness (QED) is 0.722. The number of aromatic amines is 1. The third-order valence-corrected chi connectivity index (χ3v) is 4.25. The Hall–Kier alpha value is -3.32. The lowest BCUT2D eigenvalue weighted by Gasteiger charge is -2.07. The second-order valence-electron chi connectivity index (χ2n) is 5.89. The van der Waals surface area contributed by atoms with Crippen LogP contribution in [0.25, 0.3) is 11.4 Å². The summed E-state index contributed by atoms with van der Waals surface area (Å²) in [6, 6.07) is 12.0. The van der Waals surface area contributed by atoms with Crippen molar-refractivity contribution >= 4 is 23.2 Å².